The van der Waals surface area contributed by atoms with Gasteiger partial charge in [0.15, 0.2) is 0 Å². The molecule has 0 saturated heterocycles. The fraction of sp³-hybridized carbons (Fsp3) is 0.417. The van der Waals surface area contributed by atoms with Crippen LogP contribution < -0.4 is 0 Å². The van der Waals surface area contributed by atoms with E-state index in [1.54, 1.807) is 0 Å². The molecule has 0 unspecified atom stereocenters. The number of fused-ring (bicyclic) bond motifs is 8. The van der Waals surface area contributed by atoms with Crippen molar-refractivity contribution in [3.8, 4) is 0 Å². The molecule has 1 aliphatic carbocycles. The van der Waals surface area contributed by atoms with E-state index in [0.29, 0.717) is 0 Å². The minimum Gasteiger partial charge on any atom is -0.340 e. The lowest BCUT2D eigenvalue weighted by Gasteiger charge is -2.08. The van der Waals surface area contributed by atoms with Crippen molar-refractivity contribution in [2.24, 2.45) is 0 Å². The summed E-state index contributed by atoms with van der Waals surface area (Å²) >= 11 is 0. The van der Waals surface area contributed by atoms with Crippen LogP contribution in [0.5, 0.6) is 0 Å². The number of hydrogen-bond acceptors (Lipinski definition) is 0. The van der Waals surface area contributed by atoms with Gasteiger partial charge in [-0.2, -0.15) is 0 Å². The van der Waals surface area contributed by atoms with Gasteiger partial charge in [-0.05, 0) is 167 Å². The molecule has 0 spiro atoms. The Balaban J connectivity index is 0.895. The van der Waals surface area contributed by atoms with Crippen molar-refractivity contribution in [3.05, 3.63) is 190 Å². The predicted molar refractivity (Wildman–Crippen MR) is 444 cm³/mol. The topological polar surface area (TPSA) is 19.7 Å². The van der Waals surface area contributed by atoms with Crippen molar-refractivity contribution in [3.63, 3.8) is 0 Å². The number of hydrogen-bond donors (Lipinski definition) is 0. The Morgan fingerprint density at radius 3 is 0.430 bits per heavy atom. The highest BCUT2D eigenvalue weighted by molar-refractivity contribution is 6.13. The zero-order chi connectivity index (χ0) is 68.2. The summed E-state index contributed by atoms with van der Waals surface area (Å²) < 4.78 is 10.5. The summed E-state index contributed by atoms with van der Waals surface area (Å²) in [6.07, 6.45) is 61.0. The molecule has 0 atom stereocenters. The molecule has 12 aromatic rings. The molecule has 4 heterocycles. The zero-order valence-corrected chi connectivity index (χ0v) is 61.7. The van der Waals surface area contributed by atoms with Crippen LogP contribution >= 0.6 is 0 Å². The van der Waals surface area contributed by atoms with Crippen LogP contribution in [-0.4, -0.2) is 18.3 Å². The molecular weight excluding hydrogens is 1210 g/mol. The second-order valence-electron chi connectivity index (χ2n) is 30.1. The highest BCUT2D eigenvalue weighted by Gasteiger charge is 2.18. The van der Waals surface area contributed by atoms with Gasteiger partial charge in [0.2, 0.25) is 0 Å². The van der Waals surface area contributed by atoms with E-state index in [1.165, 1.54) is 337 Å². The van der Waals surface area contributed by atoms with Crippen molar-refractivity contribution >= 4 is 136 Å². The van der Waals surface area contributed by atoms with E-state index in [0.717, 1.165) is 26.2 Å². The quantitative estimate of drug-likeness (QED) is 0.0349. The number of benzene rings is 8. The minimum atomic E-state index is 1.04. The maximum absolute atomic E-state index is 2.63. The molecule has 0 aliphatic heterocycles. The Morgan fingerprint density at radius 1 is 0.160 bits per heavy atom. The Kier molecular flexibility index (Phi) is 25.0. The normalized spacial score (nSPS) is 12.7. The van der Waals surface area contributed by atoms with Crippen LogP contribution in [0.3, 0.4) is 0 Å². The molecule has 100 heavy (non-hydrogen) atoms. The molecule has 0 amide bonds. The molecule has 1 aliphatic rings. The van der Waals surface area contributed by atoms with E-state index in [-0.39, 0.29) is 0 Å². The average molecular weight is 1330 g/mol. The Morgan fingerprint density at radius 2 is 0.290 bits per heavy atom. The summed E-state index contributed by atoms with van der Waals surface area (Å²) in [5, 5.41) is 10.7. The summed E-state index contributed by atoms with van der Waals surface area (Å²) in [7, 11) is 0. The van der Waals surface area contributed by atoms with Gasteiger partial charge in [-0.25, -0.2) is 0 Å². The Bertz CT molecular complexity index is 3940. The van der Waals surface area contributed by atoms with Crippen LogP contribution in [0.4, 0.5) is 0 Å². The highest BCUT2D eigenvalue weighted by Crippen LogP contribution is 2.38. The summed E-state index contributed by atoms with van der Waals surface area (Å²) in [5.41, 5.74) is 20.5. The van der Waals surface area contributed by atoms with Crippen molar-refractivity contribution in [2.45, 2.75) is 259 Å². The number of aryl methyl sites for hydroxylation is 4. The molecule has 4 heteroatoms. The summed E-state index contributed by atoms with van der Waals surface area (Å²) in [5.74, 6) is 0. The molecule has 4 nitrogen and oxygen atoms in total. The van der Waals surface area contributed by atoms with E-state index in [4.69, 9.17) is 0 Å². The van der Waals surface area contributed by atoms with Gasteiger partial charge in [0.25, 0.3) is 0 Å². The zero-order valence-electron chi connectivity index (χ0n) is 61.7. The van der Waals surface area contributed by atoms with E-state index in [1.807, 2.05) is 0 Å². The van der Waals surface area contributed by atoms with Gasteiger partial charge in [-0.3, -0.25) is 0 Å². The summed E-state index contributed by atoms with van der Waals surface area (Å²) in [6.45, 7) is 13.4. The molecule has 0 N–H and O–H groups in total. The van der Waals surface area contributed by atoms with E-state index >= 15 is 0 Å². The number of aromatic nitrogens is 4. The number of rotatable bonds is 36. The lowest BCUT2D eigenvalue weighted by molar-refractivity contribution is 0.553. The maximum atomic E-state index is 2.63. The molecular formula is C96H116N4. The molecule has 13 rings (SSSR count). The van der Waals surface area contributed by atoms with Crippen LogP contribution in [0.1, 0.15) is 278 Å². The van der Waals surface area contributed by atoms with Crippen LogP contribution in [0.25, 0.3) is 136 Å². The lowest BCUT2D eigenvalue weighted by Crippen LogP contribution is -1.98. The smallest absolute Gasteiger partial charge is 0.0491 e. The van der Waals surface area contributed by atoms with Crippen molar-refractivity contribution in [2.75, 3.05) is 0 Å². The van der Waals surface area contributed by atoms with Gasteiger partial charge in [0, 0.05) is 113 Å². The SMILES string of the molecule is CCCCCCCCCCn1c2ccc3cc2c2cc(ccc21)C=Cc1ccc2c(c1)c1cc(ccc1n2CCCCCCCCCC)C=Cc1ccc2c(c1)c1cc(ccc1n2CCCCCCCCCC)C=Cc1ccc2c(c1)c1cc(ccc1n2CCCCCCCCCC)C=C3. The van der Waals surface area contributed by atoms with Crippen molar-refractivity contribution in [1.29, 1.82) is 0 Å². The second kappa shape index (κ2) is 35.5. The van der Waals surface area contributed by atoms with Crippen LogP contribution in [0.2, 0.25) is 0 Å². The summed E-state index contributed by atoms with van der Waals surface area (Å²) in [6, 6.07) is 57.8. The van der Waals surface area contributed by atoms with Crippen LogP contribution in [0.15, 0.2) is 146 Å². The lowest BCUT2D eigenvalue weighted by atomic mass is 10.0. The van der Waals surface area contributed by atoms with Gasteiger partial charge in [0.1, 0.15) is 0 Å². The Hall–Kier alpha value is -8.08. The van der Waals surface area contributed by atoms with Crippen LogP contribution in [0, 0.1) is 0 Å². The van der Waals surface area contributed by atoms with Gasteiger partial charge in [0.05, 0.1) is 0 Å². The van der Waals surface area contributed by atoms with Gasteiger partial charge in [-0.15, -0.1) is 0 Å². The van der Waals surface area contributed by atoms with Gasteiger partial charge >= 0.3 is 0 Å². The van der Waals surface area contributed by atoms with Crippen molar-refractivity contribution < 1.29 is 0 Å². The van der Waals surface area contributed by atoms with Crippen molar-refractivity contribution in [1.82, 2.24) is 18.3 Å². The van der Waals surface area contributed by atoms with Crippen LogP contribution in [-0.2, 0) is 26.2 Å². The molecule has 0 saturated carbocycles. The maximum Gasteiger partial charge on any atom is 0.0491 e. The monoisotopic (exact) mass is 1320 g/mol. The summed E-state index contributed by atoms with van der Waals surface area (Å²) in [4.78, 5) is 0. The third-order valence-corrected chi connectivity index (χ3v) is 22.5. The van der Waals surface area contributed by atoms with E-state index in [9.17, 15) is 0 Å². The first-order chi connectivity index (χ1) is 49.5. The Labute approximate surface area is 599 Å². The first-order valence-corrected chi connectivity index (χ1v) is 40.4. The molecule has 520 valence electrons. The number of nitrogens with zero attached hydrogens (tertiary/aromatic N) is 4. The van der Waals surface area contributed by atoms with Gasteiger partial charge in [-0.1, -0.05) is 305 Å². The minimum absolute atomic E-state index is 1.04. The van der Waals surface area contributed by atoms with Gasteiger partial charge < -0.3 is 18.3 Å². The predicted octanol–water partition coefficient (Wildman–Crippen LogP) is 29.7. The van der Waals surface area contributed by atoms with E-state index in [2.05, 4.69) is 240 Å². The third kappa shape index (κ3) is 17.1. The molecule has 4 aromatic heterocycles. The largest absolute Gasteiger partial charge is 0.340 e. The molecule has 0 fully saturated rings. The fourth-order valence-corrected chi connectivity index (χ4v) is 16.7. The third-order valence-electron chi connectivity index (χ3n) is 22.5. The average Bonchev–Trinajstić information content (AvgIpc) is 1.63. The first kappa shape index (κ1) is 70.4. The highest BCUT2D eigenvalue weighted by atomic mass is 15.0. The number of unbranched alkanes of at least 4 members (excludes halogenated alkanes) is 28. The molecule has 8 aromatic carbocycles. The standard InChI is InChI=1S/C96H116N4/c1-5-9-13-17-21-25-29-33-61-97-89-53-45-73-37-39-75-47-55-91-83(67-75)85-69-77(49-57-93(85)98(91)62-34-30-26-22-18-14-10-6-2)41-43-79-51-59-95-87(71-79)88-72-80(52-60-96(88)100(95)64-36-32-28-24-20-16-12-8-4)44-42-78-50-58-94-86(70-78)84-68-76(40-38-74-46-54-90(97)82(66-74)81(89)65-73)48-56-92(84)99(94)63-35-31-27-23-19-15-11-7-3/h37-60,65-72H,5-36,61-64H2,1-4H3. The first-order valence-electron chi connectivity index (χ1n) is 40.4. The second-order valence-corrected chi connectivity index (χ2v) is 30.1. The molecule has 16 bridgehead atoms. The fourth-order valence-electron chi connectivity index (χ4n) is 16.7. The molecule has 0 radical (unpaired) electrons. The van der Waals surface area contributed by atoms with E-state index < -0.39 is 0 Å².